The van der Waals surface area contributed by atoms with Crippen molar-refractivity contribution < 1.29 is 4.74 Å². The Bertz CT molecular complexity index is 947. The molecule has 102 valence electrons. The van der Waals surface area contributed by atoms with Crippen molar-refractivity contribution in [1.82, 2.24) is 19.9 Å². The zero-order valence-electron chi connectivity index (χ0n) is 10.9. The zero-order valence-corrected chi connectivity index (χ0v) is 10.9. The molecule has 2 aromatic carbocycles. The molecule has 0 spiro atoms. The Kier molecular flexibility index (Phi) is 2.47. The fourth-order valence-corrected chi connectivity index (χ4v) is 2.31. The average molecular weight is 277 g/mol. The number of nitrogen functional groups attached to an aromatic ring is 1. The van der Waals surface area contributed by atoms with E-state index in [1.165, 1.54) is 6.33 Å². The molecule has 0 aliphatic carbocycles. The first-order valence-electron chi connectivity index (χ1n) is 6.42. The highest BCUT2D eigenvalue weighted by Gasteiger charge is 2.11. The summed E-state index contributed by atoms with van der Waals surface area (Å²) in [6, 6.07) is 11.5. The summed E-state index contributed by atoms with van der Waals surface area (Å²) in [6.07, 6.45) is 2.99. The third-order valence-corrected chi connectivity index (χ3v) is 3.31. The first-order valence-corrected chi connectivity index (χ1v) is 6.42. The van der Waals surface area contributed by atoms with Crippen LogP contribution in [0.5, 0.6) is 11.6 Å². The van der Waals surface area contributed by atoms with Crippen molar-refractivity contribution in [2.75, 3.05) is 5.73 Å². The van der Waals surface area contributed by atoms with E-state index in [0.29, 0.717) is 28.5 Å². The molecule has 2 aromatic heterocycles. The van der Waals surface area contributed by atoms with Crippen molar-refractivity contribution in [2.45, 2.75) is 0 Å². The van der Waals surface area contributed by atoms with Crippen LogP contribution in [0.3, 0.4) is 0 Å². The van der Waals surface area contributed by atoms with Gasteiger partial charge in [0.2, 0.25) is 5.88 Å². The van der Waals surface area contributed by atoms with Crippen molar-refractivity contribution in [3.05, 3.63) is 49.1 Å². The number of aromatic amines is 1. The lowest BCUT2D eigenvalue weighted by molar-refractivity contribution is 0.472. The first-order chi connectivity index (χ1) is 10.3. The maximum Gasteiger partial charge on any atom is 0.248 e. The van der Waals surface area contributed by atoms with Gasteiger partial charge in [0.05, 0.1) is 6.33 Å². The molecular weight excluding hydrogens is 266 g/mol. The molecule has 0 amide bonds. The first kappa shape index (κ1) is 11.7. The smallest absolute Gasteiger partial charge is 0.248 e. The van der Waals surface area contributed by atoms with Gasteiger partial charge in [0, 0.05) is 16.5 Å². The van der Waals surface area contributed by atoms with Crippen molar-refractivity contribution >= 4 is 27.6 Å². The Labute approximate surface area is 119 Å². The number of hydrogen-bond acceptors (Lipinski definition) is 5. The van der Waals surface area contributed by atoms with Gasteiger partial charge >= 0.3 is 0 Å². The molecule has 2 heterocycles. The number of hydrogen-bond donors (Lipinski definition) is 2. The van der Waals surface area contributed by atoms with E-state index in [9.17, 15) is 0 Å². The second-order valence-corrected chi connectivity index (χ2v) is 4.58. The minimum atomic E-state index is 0.437. The Hall–Kier alpha value is -3.15. The summed E-state index contributed by atoms with van der Waals surface area (Å²) in [5.74, 6) is 1.13. The molecule has 4 aromatic rings. The lowest BCUT2D eigenvalue weighted by Gasteiger charge is -2.09. The van der Waals surface area contributed by atoms with E-state index in [4.69, 9.17) is 10.5 Å². The molecule has 0 saturated heterocycles. The highest BCUT2D eigenvalue weighted by Crippen LogP contribution is 2.33. The Morgan fingerprint density at radius 1 is 0.952 bits per heavy atom. The Balaban J connectivity index is 1.88. The molecule has 0 atom stereocenters. The lowest BCUT2D eigenvalue weighted by atomic mass is 10.1. The third-order valence-electron chi connectivity index (χ3n) is 3.31. The van der Waals surface area contributed by atoms with Gasteiger partial charge in [0.25, 0.3) is 0 Å². The molecule has 0 fully saturated rings. The number of ether oxygens (including phenoxy) is 1. The molecule has 6 heteroatoms. The fourth-order valence-electron chi connectivity index (χ4n) is 2.31. The van der Waals surface area contributed by atoms with Crippen LogP contribution in [0.25, 0.3) is 21.9 Å². The van der Waals surface area contributed by atoms with Crippen LogP contribution in [0.15, 0.2) is 49.1 Å². The van der Waals surface area contributed by atoms with E-state index in [1.807, 2.05) is 36.4 Å². The SMILES string of the molecule is Nc1ccc(Oc2ncnc3nc[nH]c23)c2ccccc12. The van der Waals surface area contributed by atoms with Crippen LogP contribution in [0.2, 0.25) is 0 Å². The van der Waals surface area contributed by atoms with E-state index in [1.54, 1.807) is 6.33 Å². The Morgan fingerprint density at radius 2 is 1.81 bits per heavy atom. The van der Waals surface area contributed by atoms with Crippen LogP contribution in [0.1, 0.15) is 0 Å². The summed E-state index contributed by atoms with van der Waals surface area (Å²) >= 11 is 0. The maximum absolute atomic E-state index is 6.00. The van der Waals surface area contributed by atoms with Gasteiger partial charge in [-0.25, -0.2) is 9.97 Å². The second-order valence-electron chi connectivity index (χ2n) is 4.58. The molecule has 0 radical (unpaired) electrons. The second kappa shape index (κ2) is 4.45. The predicted molar refractivity (Wildman–Crippen MR) is 80.1 cm³/mol. The largest absolute Gasteiger partial charge is 0.436 e. The number of nitrogens with one attached hydrogen (secondary N) is 1. The van der Waals surface area contributed by atoms with Crippen LogP contribution >= 0.6 is 0 Å². The van der Waals surface area contributed by atoms with Crippen LogP contribution < -0.4 is 10.5 Å². The van der Waals surface area contributed by atoms with Crippen molar-refractivity contribution in [3.8, 4) is 11.6 Å². The van der Waals surface area contributed by atoms with Crippen LogP contribution in [0.4, 0.5) is 5.69 Å². The number of aromatic nitrogens is 4. The van der Waals surface area contributed by atoms with E-state index < -0.39 is 0 Å². The van der Waals surface area contributed by atoms with Gasteiger partial charge in [0.1, 0.15) is 17.6 Å². The summed E-state index contributed by atoms with van der Waals surface area (Å²) in [7, 11) is 0. The zero-order chi connectivity index (χ0) is 14.2. The minimum Gasteiger partial charge on any atom is -0.436 e. The van der Waals surface area contributed by atoms with Gasteiger partial charge in [-0.1, -0.05) is 24.3 Å². The highest BCUT2D eigenvalue weighted by molar-refractivity contribution is 5.97. The molecule has 0 aliphatic rings. The van der Waals surface area contributed by atoms with Gasteiger partial charge in [-0.15, -0.1) is 0 Å². The van der Waals surface area contributed by atoms with Crippen molar-refractivity contribution in [1.29, 1.82) is 0 Å². The number of imidazole rings is 1. The Morgan fingerprint density at radius 3 is 2.71 bits per heavy atom. The van der Waals surface area contributed by atoms with E-state index >= 15 is 0 Å². The molecule has 0 saturated carbocycles. The molecule has 21 heavy (non-hydrogen) atoms. The standard InChI is InChI=1S/C15H11N5O/c16-11-5-6-12(10-4-2-1-3-9(10)11)21-15-13-14(18-7-17-13)19-8-20-15/h1-8H,16H2,(H,17,18,19,20). The third kappa shape index (κ3) is 1.85. The van der Waals surface area contributed by atoms with Gasteiger partial charge in [-0.05, 0) is 12.1 Å². The van der Waals surface area contributed by atoms with E-state index in [0.717, 1.165) is 10.8 Å². The summed E-state index contributed by atoms with van der Waals surface area (Å²) in [5.41, 5.74) is 7.94. The van der Waals surface area contributed by atoms with Crippen LogP contribution in [-0.2, 0) is 0 Å². The highest BCUT2D eigenvalue weighted by atomic mass is 16.5. The van der Waals surface area contributed by atoms with Gasteiger partial charge in [0.15, 0.2) is 5.65 Å². The maximum atomic E-state index is 6.00. The van der Waals surface area contributed by atoms with E-state index in [-0.39, 0.29) is 0 Å². The van der Waals surface area contributed by atoms with Gasteiger partial charge in [-0.3, -0.25) is 0 Å². The van der Waals surface area contributed by atoms with Crippen molar-refractivity contribution in [2.24, 2.45) is 0 Å². The topological polar surface area (TPSA) is 89.7 Å². The quantitative estimate of drug-likeness (QED) is 0.550. The summed E-state index contributed by atoms with van der Waals surface area (Å²) in [5, 5.41) is 1.88. The lowest BCUT2D eigenvalue weighted by Crippen LogP contribution is -1.93. The van der Waals surface area contributed by atoms with Gasteiger partial charge < -0.3 is 15.5 Å². The number of nitrogens with two attached hydrogens (primary N) is 1. The van der Waals surface area contributed by atoms with Gasteiger partial charge in [-0.2, -0.15) is 4.98 Å². The molecule has 0 aliphatic heterocycles. The molecular formula is C15H11N5O. The number of H-pyrrole nitrogens is 1. The normalized spacial score (nSPS) is 11.0. The number of anilines is 1. The van der Waals surface area contributed by atoms with Crippen LogP contribution in [0, 0.1) is 0 Å². The van der Waals surface area contributed by atoms with Crippen molar-refractivity contribution in [3.63, 3.8) is 0 Å². The molecule has 3 N–H and O–H groups in total. The predicted octanol–water partition coefficient (Wildman–Crippen LogP) is 2.88. The summed E-state index contributed by atoms with van der Waals surface area (Å²) in [6.45, 7) is 0. The number of fused-ring (bicyclic) bond motifs is 2. The number of rotatable bonds is 2. The minimum absolute atomic E-state index is 0.437. The molecule has 0 unspecified atom stereocenters. The fraction of sp³-hybridized carbons (Fsp3) is 0. The number of benzene rings is 2. The summed E-state index contributed by atoms with van der Waals surface area (Å²) in [4.78, 5) is 15.3. The molecule has 4 rings (SSSR count). The number of nitrogens with zero attached hydrogens (tertiary/aromatic N) is 3. The van der Waals surface area contributed by atoms with E-state index in [2.05, 4.69) is 19.9 Å². The molecule has 0 bridgehead atoms. The monoisotopic (exact) mass is 277 g/mol. The summed E-state index contributed by atoms with van der Waals surface area (Å²) < 4.78 is 5.94. The van der Waals surface area contributed by atoms with Crippen LogP contribution in [-0.4, -0.2) is 19.9 Å². The average Bonchev–Trinajstić information content (AvgIpc) is 3.00. The molecule has 6 nitrogen and oxygen atoms in total.